The van der Waals surface area contributed by atoms with Crippen molar-refractivity contribution in [1.82, 2.24) is 14.9 Å². The highest BCUT2D eigenvalue weighted by Crippen LogP contribution is 2.29. The molecule has 1 aliphatic rings. The molecular formula is C12H21N3S. The Labute approximate surface area is 102 Å². The van der Waals surface area contributed by atoms with Crippen LogP contribution in [-0.2, 0) is 12.1 Å². The molecule has 1 aromatic rings. The van der Waals surface area contributed by atoms with E-state index < -0.39 is 0 Å². The predicted octanol–water partition coefficient (Wildman–Crippen LogP) is 2.23. The molecule has 1 atom stereocenters. The second kappa shape index (κ2) is 4.80. The van der Waals surface area contributed by atoms with Crippen LogP contribution in [-0.4, -0.2) is 27.6 Å². The van der Waals surface area contributed by atoms with Crippen molar-refractivity contribution < 1.29 is 0 Å². The minimum absolute atomic E-state index is 0.000227. The maximum absolute atomic E-state index is 4.29. The second-order valence-corrected chi connectivity index (χ2v) is 6.35. The molecule has 0 amide bonds. The lowest BCUT2D eigenvalue weighted by molar-refractivity contribution is 0.406. The number of imidazole rings is 1. The van der Waals surface area contributed by atoms with Crippen molar-refractivity contribution in [2.75, 3.05) is 12.8 Å². The third kappa shape index (κ3) is 2.43. The number of rotatable bonds is 4. The molecule has 2 rings (SSSR count). The van der Waals surface area contributed by atoms with Crippen LogP contribution in [0.25, 0.3) is 0 Å². The van der Waals surface area contributed by atoms with Crippen molar-refractivity contribution in [3.05, 3.63) is 18.2 Å². The molecule has 0 aliphatic carbocycles. The van der Waals surface area contributed by atoms with E-state index in [9.17, 15) is 0 Å². The number of nitrogens with zero attached hydrogens (tertiary/aromatic N) is 2. The average molecular weight is 239 g/mol. The lowest BCUT2D eigenvalue weighted by Gasteiger charge is -2.26. The van der Waals surface area contributed by atoms with Crippen LogP contribution < -0.4 is 5.32 Å². The zero-order valence-electron chi connectivity index (χ0n) is 10.4. The summed E-state index contributed by atoms with van der Waals surface area (Å²) in [4.78, 5) is 4.29. The quantitative estimate of drug-likeness (QED) is 0.874. The summed E-state index contributed by atoms with van der Waals surface area (Å²) in [5.41, 5.74) is 1.28. The molecule has 16 heavy (non-hydrogen) atoms. The maximum atomic E-state index is 4.29. The fraction of sp³-hybridized carbons (Fsp3) is 0.750. The molecule has 1 unspecified atom stereocenters. The number of thioether (sulfide) groups is 1. The largest absolute Gasteiger partial charge is 0.332 e. The molecule has 0 bridgehead atoms. The maximum Gasteiger partial charge on any atom is 0.0949 e. The molecule has 0 spiro atoms. The normalized spacial score (nSPS) is 21.6. The molecular weight excluding hydrogens is 218 g/mol. The SMILES string of the molecule is CNC(C)(C)c1cncn1CC1CCCS1. The monoisotopic (exact) mass is 239 g/mol. The zero-order valence-corrected chi connectivity index (χ0v) is 11.2. The van der Waals surface area contributed by atoms with Gasteiger partial charge in [0, 0.05) is 18.0 Å². The summed E-state index contributed by atoms with van der Waals surface area (Å²) in [6, 6.07) is 0. The minimum atomic E-state index is -0.000227. The van der Waals surface area contributed by atoms with Crippen LogP contribution in [0.4, 0.5) is 0 Å². The lowest BCUT2D eigenvalue weighted by atomic mass is 10.0. The first-order chi connectivity index (χ1) is 7.63. The molecule has 90 valence electrons. The van der Waals surface area contributed by atoms with Gasteiger partial charge in [-0.3, -0.25) is 0 Å². The highest BCUT2D eigenvalue weighted by atomic mass is 32.2. The second-order valence-electron chi connectivity index (χ2n) is 4.94. The molecule has 0 radical (unpaired) electrons. The lowest BCUT2D eigenvalue weighted by Crippen LogP contribution is -2.35. The Kier molecular flexibility index (Phi) is 3.60. The van der Waals surface area contributed by atoms with Crippen molar-refractivity contribution in [3.8, 4) is 0 Å². The van der Waals surface area contributed by atoms with Crippen LogP contribution >= 0.6 is 11.8 Å². The Bertz CT molecular complexity index is 340. The van der Waals surface area contributed by atoms with Crippen molar-refractivity contribution in [1.29, 1.82) is 0 Å². The van der Waals surface area contributed by atoms with Crippen molar-refractivity contribution >= 4 is 11.8 Å². The topological polar surface area (TPSA) is 29.9 Å². The Morgan fingerprint density at radius 3 is 3.06 bits per heavy atom. The predicted molar refractivity (Wildman–Crippen MR) is 69.8 cm³/mol. The first-order valence-corrected chi connectivity index (χ1v) is 6.99. The van der Waals surface area contributed by atoms with Gasteiger partial charge in [-0.15, -0.1) is 0 Å². The van der Waals surface area contributed by atoms with Gasteiger partial charge >= 0.3 is 0 Å². The third-order valence-corrected chi connectivity index (χ3v) is 4.78. The van der Waals surface area contributed by atoms with Crippen LogP contribution in [0.3, 0.4) is 0 Å². The smallest absolute Gasteiger partial charge is 0.0949 e. The summed E-state index contributed by atoms with van der Waals surface area (Å²) >= 11 is 2.10. The van der Waals surface area contributed by atoms with Gasteiger partial charge in [0.2, 0.25) is 0 Å². The average Bonchev–Trinajstić information content (AvgIpc) is 2.89. The van der Waals surface area contributed by atoms with E-state index in [0.29, 0.717) is 0 Å². The molecule has 1 N–H and O–H groups in total. The van der Waals surface area contributed by atoms with Gasteiger partial charge < -0.3 is 9.88 Å². The molecule has 2 heterocycles. The molecule has 4 heteroatoms. The number of nitrogens with one attached hydrogen (secondary N) is 1. The van der Waals surface area contributed by atoms with E-state index in [1.165, 1.54) is 24.3 Å². The van der Waals surface area contributed by atoms with Gasteiger partial charge in [-0.2, -0.15) is 11.8 Å². The highest BCUT2D eigenvalue weighted by Gasteiger charge is 2.24. The van der Waals surface area contributed by atoms with Gasteiger partial charge in [-0.1, -0.05) is 0 Å². The van der Waals surface area contributed by atoms with E-state index in [1.807, 2.05) is 19.6 Å². The fourth-order valence-electron chi connectivity index (χ4n) is 2.12. The van der Waals surface area contributed by atoms with Crippen LogP contribution in [0.2, 0.25) is 0 Å². The first-order valence-electron chi connectivity index (χ1n) is 5.94. The van der Waals surface area contributed by atoms with Gasteiger partial charge in [0.15, 0.2) is 0 Å². The summed E-state index contributed by atoms with van der Waals surface area (Å²) in [6.45, 7) is 5.50. The van der Waals surface area contributed by atoms with Gasteiger partial charge in [-0.05, 0) is 39.5 Å². The summed E-state index contributed by atoms with van der Waals surface area (Å²) in [5, 5.41) is 4.12. The molecule has 1 aliphatic heterocycles. The fourth-order valence-corrected chi connectivity index (χ4v) is 3.39. The number of hydrogen-bond acceptors (Lipinski definition) is 3. The van der Waals surface area contributed by atoms with Gasteiger partial charge in [0.25, 0.3) is 0 Å². The van der Waals surface area contributed by atoms with E-state index in [2.05, 4.69) is 40.5 Å². The van der Waals surface area contributed by atoms with Crippen LogP contribution in [0, 0.1) is 0 Å². The van der Waals surface area contributed by atoms with Crippen LogP contribution in [0.15, 0.2) is 12.5 Å². The summed E-state index contributed by atoms with van der Waals surface area (Å²) in [5.74, 6) is 1.32. The molecule has 0 aromatic carbocycles. The first kappa shape index (κ1) is 12.0. The molecule has 1 fully saturated rings. The van der Waals surface area contributed by atoms with Crippen LogP contribution in [0.5, 0.6) is 0 Å². The number of hydrogen-bond donors (Lipinski definition) is 1. The van der Waals surface area contributed by atoms with Crippen molar-refractivity contribution in [2.45, 2.75) is 44.0 Å². The Morgan fingerprint density at radius 1 is 1.62 bits per heavy atom. The van der Waals surface area contributed by atoms with Gasteiger partial charge in [-0.25, -0.2) is 4.98 Å². The number of aromatic nitrogens is 2. The Hall–Kier alpha value is -0.480. The standard InChI is InChI=1S/C12H21N3S/c1-12(2,13-3)11-7-14-9-15(11)8-10-5-4-6-16-10/h7,9-10,13H,4-6,8H2,1-3H3. The van der Waals surface area contributed by atoms with Crippen molar-refractivity contribution in [2.24, 2.45) is 0 Å². The van der Waals surface area contributed by atoms with Gasteiger partial charge in [0.05, 0.1) is 17.6 Å². The zero-order chi connectivity index (χ0) is 11.6. The van der Waals surface area contributed by atoms with E-state index in [1.54, 1.807) is 0 Å². The van der Waals surface area contributed by atoms with Gasteiger partial charge in [0.1, 0.15) is 0 Å². The van der Waals surface area contributed by atoms with E-state index in [0.717, 1.165) is 11.8 Å². The highest BCUT2D eigenvalue weighted by molar-refractivity contribution is 8.00. The van der Waals surface area contributed by atoms with E-state index >= 15 is 0 Å². The summed E-state index contributed by atoms with van der Waals surface area (Å²) in [7, 11) is 2.00. The van der Waals surface area contributed by atoms with E-state index in [-0.39, 0.29) is 5.54 Å². The Balaban J connectivity index is 2.12. The summed E-state index contributed by atoms with van der Waals surface area (Å²) < 4.78 is 2.31. The minimum Gasteiger partial charge on any atom is -0.332 e. The molecule has 0 saturated carbocycles. The molecule has 1 saturated heterocycles. The Morgan fingerprint density at radius 2 is 2.44 bits per heavy atom. The summed E-state index contributed by atoms with van der Waals surface area (Å²) in [6.07, 6.45) is 6.67. The molecule has 3 nitrogen and oxygen atoms in total. The molecule has 1 aromatic heterocycles. The third-order valence-electron chi connectivity index (χ3n) is 3.40. The van der Waals surface area contributed by atoms with E-state index in [4.69, 9.17) is 0 Å². The van der Waals surface area contributed by atoms with Crippen LogP contribution in [0.1, 0.15) is 32.4 Å². The van der Waals surface area contributed by atoms with Crippen molar-refractivity contribution in [3.63, 3.8) is 0 Å².